The Hall–Kier alpha value is -1.36. The molecule has 5 heteroatoms. The Morgan fingerprint density at radius 1 is 1.47 bits per heavy atom. The Balaban J connectivity index is 1.87. The van der Waals surface area contributed by atoms with Gasteiger partial charge in [-0.05, 0) is 32.4 Å². The van der Waals surface area contributed by atoms with E-state index in [4.69, 9.17) is 0 Å². The van der Waals surface area contributed by atoms with E-state index in [1.54, 1.807) is 6.20 Å². The molecule has 1 fully saturated rings. The number of rotatable bonds is 3. The zero-order valence-corrected chi connectivity index (χ0v) is 11.4. The second kappa shape index (κ2) is 4.96. The van der Waals surface area contributed by atoms with E-state index in [0.717, 1.165) is 57.0 Å². The van der Waals surface area contributed by atoms with Gasteiger partial charge in [0.05, 0.1) is 11.6 Å². The number of fused-ring (bicyclic) bond motifs is 1. The van der Waals surface area contributed by atoms with E-state index in [1.807, 2.05) is 0 Å². The Kier molecular flexibility index (Phi) is 3.31. The van der Waals surface area contributed by atoms with E-state index in [2.05, 4.69) is 21.4 Å². The fourth-order valence-electron chi connectivity index (χ4n) is 3.43. The lowest BCUT2D eigenvalue weighted by Crippen LogP contribution is -2.24. The number of carbonyl (C=O) groups is 1. The van der Waals surface area contributed by atoms with Crippen molar-refractivity contribution in [2.24, 2.45) is 0 Å². The first kappa shape index (κ1) is 12.7. The molecule has 2 aliphatic rings. The normalized spacial score (nSPS) is 27.4. The molecule has 3 heterocycles. The Morgan fingerprint density at radius 2 is 2.32 bits per heavy atom. The van der Waals surface area contributed by atoms with Crippen molar-refractivity contribution in [3.05, 3.63) is 17.7 Å². The van der Waals surface area contributed by atoms with Crippen molar-refractivity contribution >= 4 is 5.97 Å². The molecular formula is C14H21N3O2. The van der Waals surface area contributed by atoms with Gasteiger partial charge in [0, 0.05) is 25.2 Å². The number of carboxylic acids is 1. The first-order valence-corrected chi connectivity index (χ1v) is 7.21. The molecule has 19 heavy (non-hydrogen) atoms. The van der Waals surface area contributed by atoms with Crippen molar-refractivity contribution in [1.29, 1.82) is 0 Å². The van der Waals surface area contributed by atoms with E-state index in [1.165, 1.54) is 0 Å². The summed E-state index contributed by atoms with van der Waals surface area (Å²) < 4.78 is 2.17. The Morgan fingerprint density at radius 3 is 3.00 bits per heavy atom. The van der Waals surface area contributed by atoms with Crippen LogP contribution in [-0.4, -0.2) is 45.2 Å². The molecule has 0 bridgehead atoms. The minimum Gasteiger partial charge on any atom is -0.481 e. The van der Waals surface area contributed by atoms with Crippen LogP contribution in [-0.2, 0) is 11.3 Å². The third kappa shape index (κ3) is 2.16. The van der Waals surface area contributed by atoms with Crippen molar-refractivity contribution in [2.45, 2.75) is 44.6 Å². The average molecular weight is 263 g/mol. The number of aromatic nitrogens is 2. The summed E-state index contributed by atoms with van der Waals surface area (Å²) in [6.07, 6.45) is 4.62. The van der Waals surface area contributed by atoms with E-state index >= 15 is 0 Å². The van der Waals surface area contributed by atoms with Crippen molar-refractivity contribution in [2.75, 3.05) is 19.6 Å². The van der Waals surface area contributed by atoms with Crippen molar-refractivity contribution in [3.63, 3.8) is 0 Å². The van der Waals surface area contributed by atoms with Gasteiger partial charge in [0.25, 0.3) is 0 Å². The molecular weight excluding hydrogens is 242 g/mol. The number of aliphatic carboxylic acids is 1. The van der Waals surface area contributed by atoms with Crippen LogP contribution in [0, 0.1) is 0 Å². The largest absolute Gasteiger partial charge is 0.481 e. The number of nitrogens with zero attached hydrogens (tertiary/aromatic N) is 3. The molecule has 2 aliphatic heterocycles. The second-order valence-electron chi connectivity index (χ2n) is 5.60. The Labute approximate surface area is 113 Å². The monoisotopic (exact) mass is 263 g/mol. The van der Waals surface area contributed by atoms with Gasteiger partial charge in [-0.3, -0.25) is 4.79 Å². The first-order valence-electron chi connectivity index (χ1n) is 7.21. The van der Waals surface area contributed by atoms with Crippen molar-refractivity contribution in [1.82, 2.24) is 14.5 Å². The van der Waals surface area contributed by atoms with Gasteiger partial charge >= 0.3 is 5.97 Å². The standard InChI is InChI=1S/C14H21N3O2/c1-2-16-7-5-10(9-16)13-15-8-12-11(14(18)19)4-3-6-17(12)13/h8,10-11H,2-7,9H2,1H3,(H,18,19). The summed E-state index contributed by atoms with van der Waals surface area (Å²) in [7, 11) is 0. The van der Waals surface area contributed by atoms with Crippen LogP contribution in [0.4, 0.5) is 0 Å². The molecule has 0 radical (unpaired) electrons. The van der Waals surface area contributed by atoms with Gasteiger partial charge in [-0.1, -0.05) is 6.92 Å². The lowest BCUT2D eigenvalue weighted by molar-refractivity contribution is -0.139. The van der Waals surface area contributed by atoms with Gasteiger partial charge in [0.15, 0.2) is 0 Å². The van der Waals surface area contributed by atoms with E-state index in [9.17, 15) is 9.90 Å². The topological polar surface area (TPSA) is 58.4 Å². The number of carboxylic acid groups (broad SMARTS) is 1. The summed E-state index contributed by atoms with van der Waals surface area (Å²) in [5.74, 6) is 0.505. The molecule has 0 aromatic carbocycles. The van der Waals surface area contributed by atoms with Gasteiger partial charge < -0.3 is 14.6 Å². The molecule has 2 unspecified atom stereocenters. The van der Waals surface area contributed by atoms with Crippen LogP contribution < -0.4 is 0 Å². The number of likely N-dealkylation sites (tertiary alicyclic amines) is 1. The van der Waals surface area contributed by atoms with Gasteiger partial charge in [0.1, 0.15) is 5.82 Å². The number of hydrogen-bond acceptors (Lipinski definition) is 3. The Bertz CT molecular complexity index is 483. The summed E-state index contributed by atoms with van der Waals surface area (Å²) >= 11 is 0. The average Bonchev–Trinajstić information content (AvgIpc) is 3.03. The van der Waals surface area contributed by atoms with E-state index in [0.29, 0.717) is 5.92 Å². The van der Waals surface area contributed by atoms with E-state index in [-0.39, 0.29) is 5.92 Å². The van der Waals surface area contributed by atoms with Crippen LogP contribution in [0.5, 0.6) is 0 Å². The minimum atomic E-state index is -0.714. The zero-order chi connectivity index (χ0) is 13.4. The maximum Gasteiger partial charge on any atom is 0.312 e. The van der Waals surface area contributed by atoms with Gasteiger partial charge in [-0.25, -0.2) is 4.98 Å². The van der Waals surface area contributed by atoms with Crippen LogP contribution in [0.1, 0.15) is 49.5 Å². The smallest absolute Gasteiger partial charge is 0.312 e. The number of likely N-dealkylation sites (N-methyl/N-ethyl adjacent to an activating group) is 1. The molecule has 2 atom stereocenters. The van der Waals surface area contributed by atoms with Gasteiger partial charge in [-0.15, -0.1) is 0 Å². The van der Waals surface area contributed by atoms with Crippen LogP contribution in [0.15, 0.2) is 6.20 Å². The minimum absolute atomic E-state index is 0.362. The summed E-state index contributed by atoms with van der Waals surface area (Å²) in [5, 5.41) is 9.29. The van der Waals surface area contributed by atoms with Gasteiger partial charge in [-0.2, -0.15) is 0 Å². The quantitative estimate of drug-likeness (QED) is 0.901. The summed E-state index contributed by atoms with van der Waals surface area (Å²) in [6, 6.07) is 0. The summed E-state index contributed by atoms with van der Waals surface area (Å²) in [4.78, 5) is 18.3. The van der Waals surface area contributed by atoms with Crippen LogP contribution in [0.2, 0.25) is 0 Å². The molecule has 0 amide bonds. The first-order chi connectivity index (χ1) is 9.20. The third-order valence-corrected chi connectivity index (χ3v) is 4.53. The van der Waals surface area contributed by atoms with Crippen molar-refractivity contribution in [3.8, 4) is 0 Å². The van der Waals surface area contributed by atoms with Crippen LogP contribution in [0.25, 0.3) is 0 Å². The summed E-state index contributed by atoms with van der Waals surface area (Å²) in [5.41, 5.74) is 0.906. The molecule has 0 saturated carbocycles. The van der Waals surface area contributed by atoms with E-state index < -0.39 is 5.97 Å². The highest BCUT2D eigenvalue weighted by atomic mass is 16.4. The van der Waals surface area contributed by atoms with Gasteiger partial charge in [0.2, 0.25) is 0 Å². The maximum absolute atomic E-state index is 11.3. The fourth-order valence-corrected chi connectivity index (χ4v) is 3.43. The fraction of sp³-hybridized carbons (Fsp3) is 0.714. The molecule has 1 aromatic rings. The zero-order valence-electron chi connectivity index (χ0n) is 11.4. The lowest BCUT2D eigenvalue weighted by Gasteiger charge is -2.23. The predicted octanol–water partition coefficient (Wildman–Crippen LogP) is 1.65. The molecule has 0 aliphatic carbocycles. The highest BCUT2D eigenvalue weighted by Gasteiger charge is 2.32. The molecule has 104 valence electrons. The second-order valence-corrected chi connectivity index (χ2v) is 5.60. The van der Waals surface area contributed by atoms with Crippen LogP contribution in [0.3, 0.4) is 0 Å². The number of imidazole rings is 1. The highest BCUT2D eigenvalue weighted by Crippen LogP contribution is 2.33. The third-order valence-electron chi connectivity index (χ3n) is 4.53. The maximum atomic E-state index is 11.3. The highest BCUT2D eigenvalue weighted by molar-refractivity contribution is 5.75. The SMILES string of the molecule is CCN1CCC(c2ncc3n2CCCC3C(=O)O)C1. The van der Waals surface area contributed by atoms with Crippen LogP contribution >= 0.6 is 0 Å². The number of hydrogen-bond donors (Lipinski definition) is 1. The predicted molar refractivity (Wildman–Crippen MR) is 71.3 cm³/mol. The molecule has 0 spiro atoms. The molecule has 1 aromatic heterocycles. The molecule has 3 rings (SSSR count). The molecule has 1 N–H and O–H groups in total. The van der Waals surface area contributed by atoms with Crippen molar-refractivity contribution < 1.29 is 9.90 Å². The summed E-state index contributed by atoms with van der Waals surface area (Å²) in [6.45, 7) is 6.39. The molecule has 5 nitrogen and oxygen atoms in total. The molecule has 1 saturated heterocycles. The lowest BCUT2D eigenvalue weighted by atomic mass is 9.96.